The summed E-state index contributed by atoms with van der Waals surface area (Å²) in [4.78, 5) is 0. The lowest BCUT2D eigenvalue weighted by molar-refractivity contribution is -0.130. The molecule has 0 radical (unpaired) electrons. The van der Waals surface area contributed by atoms with Gasteiger partial charge in [0.15, 0.2) is 0 Å². The van der Waals surface area contributed by atoms with E-state index in [1.165, 1.54) is 38.5 Å². The van der Waals surface area contributed by atoms with E-state index in [2.05, 4.69) is 19.2 Å². The average Bonchev–Trinajstić information content (AvgIpc) is 2.53. The van der Waals surface area contributed by atoms with E-state index in [9.17, 15) is 0 Å². The van der Waals surface area contributed by atoms with Crippen molar-refractivity contribution in [1.82, 2.24) is 5.32 Å². The summed E-state index contributed by atoms with van der Waals surface area (Å²) in [5.74, 6) is 0. The van der Waals surface area contributed by atoms with Crippen LogP contribution in [0.1, 0.15) is 52.4 Å². The Hall–Kier alpha value is -0.120. The number of ether oxygens (including phenoxy) is 2. The van der Waals surface area contributed by atoms with Crippen molar-refractivity contribution in [3.05, 3.63) is 0 Å². The van der Waals surface area contributed by atoms with Crippen molar-refractivity contribution >= 4 is 0 Å². The highest BCUT2D eigenvalue weighted by Gasteiger charge is 2.28. The Kier molecular flexibility index (Phi) is 4.83. The Morgan fingerprint density at radius 2 is 1.88 bits per heavy atom. The van der Waals surface area contributed by atoms with Crippen LogP contribution in [0.3, 0.4) is 0 Å². The van der Waals surface area contributed by atoms with Crippen LogP contribution in [0.2, 0.25) is 0 Å². The van der Waals surface area contributed by atoms with Crippen LogP contribution in [0.4, 0.5) is 0 Å². The Morgan fingerprint density at radius 3 is 2.53 bits per heavy atom. The summed E-state index contributed by atoms with van der Waals surface area (Å²) >= 11 is 0. The van der Waals surface area contributed by atoms with Gasteiger partial charge in [0.25, 0.3) is 0 Å². The molecule has 2 fully saturated rings. The normalized spacial score (nSPS) is 31.1. The van der Waals surface area contributed by atoms with E-state index in [-0.39, 0.29) is 11.7 Å². The molecule has 1 saturated carbocycles. The summed E-state index contributed by atoms with van der Waals surface area (Å²) in [6.07, 6.45) is 8.61. The van der Waals surface area contributed by atoms with Crippen molar-refractivity contribution in [2.24, 2.45) is 0 Å². The van der Waals surface area contributed by atoms with Gasteiger partial charge >= 0.3 is 0 Å². The maximum absolute atomic E-state index is 6.03. The Morgan fingerprint density at radius 1 is 1.18 bits per heavy atom. The second-order valence-electron chi connectivity index (χ2n) is 6.08. The largest absolute Gasteiger partial charge is 0.375 e. The van der Waals surface area contributed by atoms with Gasteiger partial charge in [-0.2, -0.15) is 0 Å². The van der Waals surface area contributed by atoms with Crippen LogP contribution in [0.15, 0.2) is 0 Å². The third-order valence-corrected chi connectivity index (χ3v) is 3.73. The van der Waals surface area contributed by atoms with Gasteiger partial charge in [-0.25, -0.2) is 0 Å². The Labute approximate surface area is 105 Å². The molecule has 1 aliphatic heterocycles. The fraction of sp³-hybridized carbons (Fsp3) is 1.00. The van der Waals surface area contributed by atoms with Crippen molar-refractivity contribution in [3.63, 3.8) is 0 Å². The lowest BCUT2D eigenvalue weighted by atomic mass is 10.1. The van der Waals surface area contributed by atoms with Gasteiger partial charge in [0.05, 0.1) is 24.4 Å². The monoisotopic (exact) mass is 241 g/mol. The molecule has 2 aliphatic rings. The highest BCUT2D eigenvalue weighted by Crippen LogP contribution is 2.21. The van der Waals surface area contributed by atoms with Crippen LogP contribution in [0, 0.1) is 0 Å². The lowest BCUT2D eigenvalue weighted by Gasteiger charge is -2.37. The molecule has 0 spiro atoms. The van der Waals surface area contributed by atoms with E-state index in [0.29, 0.717) is 6.10 Å². The molecule has 1 N–H and O–H groups in total. The van der Waals surface area contributed by atoms with Gasteiger partial charge < -0.3 is 14.8 Å². The SMILES string of the molecule is CC1(C)CNCC(COC2CCCCCC2)O1. The fourth-order valence-electron chi connectivity index (χ4n) is 2.81. The quantitative estimate of drug-likeness (QED) is 0.770. The first-order chi connectivity index (χ1) is 8.16. The van der Waals surface area contributed by atoms with E-state index in [4.69, 9.17) is 9.47 Å². The van der Waals surface area contributed by atoms with Crippen LogP contribution in [0.25, 0.3) is 0 Å². The van der Waals surface area contributed by atoms with E-state index >= 15 is 0 Å². The Balaban J connectivity index is 1.70. The molecule has 3 heteroatoms. The Bertz CT molecular complexity index is 222. The van der Waals surface area contributed by atoms with Crippen molar-refractivity contribution in [2.75, 3.05) is 19.7 Å². The van der Waals surface area contributed by atoms with Gasteiger partial charge in [-0.1, -0.05) is 25.7 Å². The molecule has 0 aromatic carbocycles. The molecular formula is C14H27NO2. The highest BCUT2D eigenvalue weighted by atomic mass is 16.6. The summed E-state index contributed by atoms with van der Waals surface area (Å²) < 4.78 is 12.0. The molecule has 0 aromatic rings. The summed E-state index contributed by atoms with van der Waals surface area (Å²) in [6.45, 7) is 6.89. The van der Waals surface area contributed by atoms with Crippen molar-refractivity contribution in [2.45, 2.75) is 70.2 Å². The number of rotatable bonds is 3. The molecule has 17 heavy (non-hydrogen) atoms. The van der Waals surface area contributed by atoms with Gasteiger partial charge in [-0.05, 0) is 26.7 Å². The predicted octanol–water partition coefficient (Wildman–Crippen LogP) is 2.49. The number of hydrogen-bond acceptors (Lipinski definition) is 3. The molecule has 0 amide bonds. The molecule has 1 heterocycles. The van der Waals surface area contributed by atoms with E-state index in [1.807, 2.05) is 0 Å². The summed E-state index contributed by atoms with van der Waals surface area (Å²) in [5.41, 5.74) is -0.0459. The van der Waals surface area contributed by atoms with Crippen LogP contribution in [0.5, 0.6) is 0 Å². The minimum absolute atomic E-state index is 0.0459. The van der Waals surface area contributed by atoms with E-state index in [1.54, 1.807) is 0 Å². The van der Waals surface area contributed by atoms with Gasteiger partial charge in [0.2, 0.25) is 0 Å². The predicted molar refractivity (Wildman–Crippen MR) is 69.3 cm³/mol. The van der Waals surface area contributed by atoms with Gasteiger partial charge in [-0.3, -0.25) is 0 Å². The first-order valence-electron chi connectivity index (χ1n) is 7.16. The number of morpholine rings is 1. The van der Waals surface area contributed by atoms with Gasteiger partial charge in [0, 0.05) is 13.1 Å². The lowest BCUT2D eigenvalue weighted by Crippen LogP contribution is -2.52. The first kappa shape index (κ1) is 13.3. The third kappa shape index (κ3) is 4.57. The minimum Gasteiger partial charge on any atom is -0.375 e. The van der Waals surface area contributed by atoms with Crippen LogP contribution < -0.4 is 5.32 Å². The van der Waals surface area contributed by atoms with E-state index < -0.39 is 0 Å². The van der Waals surface area contributed by atoms with Crippen molar-refractivity contribution in [1.29, 1.82) is 0 Å². The van der Waals surface area contributed by atoms with Crippen molar-refractivity contribution < 1.29 is 9.47 Å². The van der Waals surface area contributed by atoms with Gasteiger partial charge in [-0.15, -0.1) is 0 Å². The van der Waals surface area contributed by atoms with Crippen LogP contribution in [-0.2, 0) is 9.47 Å². The molecule has 1 saturated heterocycles. The third-order valence-electron chi connectivity index (χ3n) is 3.73. The van der Waals surface area contributed by atoms with Crippen LogP contribution in [-0.4, -0.2) is 37.5 Å². The minimum atomic E-state index is -0.0459. The average molecular weight is 241 g/mol. The molecule has 0 bridgehead atoms. The summed E-state index contributed by atoms with van der Waals surface area (Å²) in [6, 6.07) is 0. The fourth-order valence-corrected chi connectivity index (χ4v) is 2.81. The molecule has 1 atom stereocenters. The number of nitrogens with one attached hydrogen (secondary N) is 1. The first-order valence-corrected chi connectivity index (χ1v) is 7.16. The molecule has 2 rings (SSSR count). The maximum Gasteiger partial charge on any atom is 0.0940 e. The van der Waals surface area contributed by atoms with Gasteiger partial charge in [0.1, 0.15) is 0 Å². The molecular weight excluding hydrogens is 214 g/mol. The zero-order valence-electron chi connectivity index (χ0n) is 11.3. The zero-order valence-corrected chi connectivity index (χ0v) is 11.3. The molecule has 1 unspecified atom stereocenters. The zero-order chi connectivity index (χ0) is 12.1. The maximum atomic E-state index is 6.03. The topological polar surface area (TPSA) is 30.5 Å². The summed E-state index contributed by atoms with van der Waals surface area (Å²) in [7, 11) is 0. The van der Waals surface area contributed by atoms with E-state index in [0.717, 1.165) is 19.7 Å². The van der Waals surface area contributed by atoms with Crippen molar-refractivity contribution in [3.8, 4) is 0 Å². The molecule has 100 valence electrons. The smallest absolute Gasteiger partial charge is 0.0940 e. The number of hydrogen-bond donors (Lipinski definition) is 1. The standard InChI is InChI=1S/C14H27NO2/c1-14(2)11-15-9-13(17-14)10-16-12-7-5-3-4-6-8-12/h12-13,15H,3-11H2,1-2H3. The molecule has 3 nitrogen and oxygen atoms in total. The second-order valence-corrected chi connectivity index (χ2v) is 6.08. The highest BCUT2D eigenvalue weighted by molar-refractivity contribution is 4.81. The summed E-state index contributed by atoms with van der Waals surface area (Å²) in [5, 5.41) is 3.42. The second kappa shape index (κ2) is 6.17. The molecule has 0 aromatic heterocycles. The molecule has 1 aliphatic carbocycles. The van der Waals surface area contributed by atoms with Crippen LogP contribution >= 0.6 is 0 Å².